The zero-order valence-corrected chi connectivity index (χ0v) is 13.5. The number of anilines is 2. The highest BCUT2D eigenvalue weighted by Crippen LogP contribution is 2.35. The first kappa shape index (κ1) is 15.2. The van der Waals surface area contributed by atoms with Crippen molar-refractivity contribution in [2.24, 2.45) is 0 Å². The van der Waals surface area contributed by atoms with Crippen molar-refractivity contribution in [1.82, 2.24) is 9.36 Å². The summed E-state index contributed by atoms with van der Waals surface area (Å²) in [5.74, 6) is 0.665. The summed E-state index contributed by atoms with van der Waals surface area (Å²) < 4.78 is 4.28. The number of benzene rings is 1. The summed E-state index contributed by atoms with van der Waals surface area (Å²) in [6.07, 6.45) is -0.412. The summed E-state index contributed by atoms with van der Waals surface area (Å²) in [5, 5.41) is 22.1. The van der Waals surface area contributed by atoms with Crippen LogP contribution >= 0.6 is 11.5 Å². The molecule has 0 aliphatic carbocycles. The van der Waals surface area contributed by atoms with Crippen molar-refractivity contribution in [2.75, 3.05) is 37.0 Å². The van der Waals surface area contributed by atoms with Gasteiger partial charge in [-0.2, -0.15) is 9.36 Å². The van der Waals surface area contributed by atoms with Crippen LogP contribution in [0.3, 0.4) is 0 Å². The number of aliphatic hydroxyl groups is 2. The third-order valence-corrected chi connectivity index (χ3v) is 4.82. The second-order valence-corrected chi connectivity index (χ2v) is 6.50. The number of piperidine rings is 1. The molecule has 3 rings (SSSR count). The van der Waals surface area contributed by atoms with E-state index in [4.69, 9.17) is 0 Å². The van der Waals surface area contributed by atoms with Crippen molar-refractivity contribution in [1.29, 1.82) is 0 Å². The lowest BCUT2D eigenvalue weighted by Crippen LogP contribution is -2.53. The van der Waals surface area contributed by atoms with Gasteiger partial charge in [0, 0.05) is 45.1 Å². The molecule has 0 bridgehead atoms. The Bertz CT molecular complexity index is 633. The van der Waals surface area contributed by atoms with Crippen LogP contribution in [-0.4, -0.2) is 52.9 Å². The van der Waals surface area contributed by atoms with E-state index >= 15 is 0 Å². The molecular weight excluding hydrogens is 300 g/mol. The second-order valence-electron chi connectivity index (χ2n) is 5.77. The van der Waals surface area contributed by atoms with E-state index in [0.29, 0.717) is 25.5 Å². The maximum absolute atomic E-state index is 10.9. The van der Waals surface area contributed by atoms with Crippen LogP contribution in [0.5, 0.6) is 0 Å². The minimum atomic E-state index is -1.20. The molecule has 7 heteroatoms. The molecule has 2 heterocycles. The average molecular weight is 320 g/mol. The smallest absolute Gasteiger partial charge is 0.238 e. The van der Waals surface area contributed by atoms with Gasteiger partial charge in [0.15, 0.2) is 0 Å². The standard InChI is InChI=1S/C15H20N4O2S/c1-18(2)13-16-14(22-17-13)19-9-8-15(21,12(20)10-19)11-6-4-3-5-7-11/h3-7,12,20-21H,8-10H2,1-2H3/t12-,15-/m0/s1. The first-order valence-electron chi connectivity index (χ1n) is 7.22. The van der Waals surface area contributed by atoms with Crippen LogP contribution in [0.25, 0.3) is 0 Å². The highest BCUT2D eigenvalue weighted by molar-refractivity contribution is 7.09. The van der Waals surface area contributed by atoms with Gasteiger partial charge in [-0.1, -0.05) is 30.3 Å². The number of hydrogen-bond donors (Lipinski definition) is 2. The van der Waals surface area contributed by atoms with Crippen molar-refractivity contribution in [3.8, 4) is 0 Å². The Morgan fingerprint density at radius 1 is 1.32 bits per heavy atom. The van der Waals surface area contributed by atoms with Gasteiger partial charge < -0.3 is 20.0 Å². The molecule has 1 aliphatic heterocycles. The third-order valence-electron chi connectivity index (χ3n) is 4.06. The topological polar surface area (TPSA) is 72.7 Å². The molecule has 1 fully saturated rings. The van der Waals surface area contributed by atoms with E-state index in [1.165, 1.54) is 11.5 Å². The van der Waals surface area contributed by atoms with E-state index in [-0.39, 0.29) is 0 Å². The van der Waals surface area contributed by atoms with Gasteiger partial charge in [0.25, 0.3) is 0 Å². The molecule has 1 saturated heterocycles. The summed E-state index contributed by atoms with van der Waals surface area (Å²) in [6, 6.07) is 9.36. The summed E-state index contributed by atoms with van der Waals surface area (Å²) >= 11 is 1.31. The van der Waals surface area contributed by atoms with Crippen molar-refractivity contribution >= 4 is 22.6 Å². The first-order chi connectivity index (χ1) is 10.5. The summed E-state index contributed by atoms with van der Waals surface area (Å²) in [7, 11) is 3.79. The molecule has 2 N–H and O–H groups in total. The van der Waals surface area contributed by atoms with Gasteiger partial charge in [0.05, 0.1) is 0 Å². The van der Waals surface area contributed by atoms with Gasteiger partial charge in [-0.15, -0.1) is 0 Å². The maximum atomic E-state index is 10.9. The Balaban J connectivity index is 1.77. The van der Waals surface area contributed by atoms with Crippen molar-refractivity contribution < 1.29 is 10.2 Å². The number of aliphatic hydroxyl groups excluding tert-OH is 1. The molecule has 0 unspecified atom stereocenters. The van der Waals surface area contributed by atoms with Gasteiger partial charge in [-0.3, -0.25) is 0 Å². The van der Waals surface area contributed by atoms with Crippen molar-refractivity contribution in [3.63, 3.8) is 0 Å². The van der Waals surface area contributed by atoms with Gasteiger partial charge in [-0.05, 0) is 5.56 Å². The van der Waals surface area contributed by atoms with Gasteiger partial charge in [0.2, 0.25) is 11.1 Å². The Morgan fingerprint density at radius 3 is 2.64 bits per heavy atom. The summed E-state index contributed by atoms with van der Waals surface area (Å²) in [4.78, 5) is 8.28. The van der Waals surface area contributed by atoms with Crippen LogP contribution in [-0.2, 0) is 5.60 Å². The van der Waals surface area contributed by atoms with Crippen LogP contribution in [0.2, 0.25) is 0 Å². The van der Waals surface area contributed by atoms with Crippen LogP contribution < -0.4 is 9.80 Å². The summed E-state index contributed by atoms with van der Waals surface area (Å²) in [6.45, 7) is 0.970. The number of hydrogen-bond acceptors (Lipinski definition) is 7. The lowest BCUT2D eigenvalue weighted by atomic mass is 9.82. The molecule has 1 aromatic heterocycles. The largest absolute Gasteiger partial charge is 0.388 e. The fraction of sp³-hybridized carbons (Fsp3) is 0.467. The molecule has 0 spiro atoms. The fourth-order valence-electron chi connectivity index (χ4n) is 2.68. The Labute approximate surface area is 133 Å². The molecule has 2 aromatic rings. The van der Waals surface area contributed by atoms with Gasteiger partial charge >= 0.3 is 0 Å². The Hall–Kier alpha value is -1.70. The molecule has 22 heavy (non-hydrogen) atoms. The molecule has 0 saturated carbocycles. The van der Waals surface area contributed by atoms with Gasteiger partial charge in [-0.25, -0.2) is 0 Å². The number of β-amino-alcohol motifs (C(OH)–C–C–N with tert-alkyl or cyclic N) is 1. The molecule has 1 aromatic carbocycles. The van der Waals surface area contributed by atoms with Crippen molar-refractivity contribution in [3.05, 3.63) is 35.9 Å². The van der Waals surface area contributed by atoms with E-state index in [9.17, 15) is 10.2 Å². The molecule has 6 nitrogen and oxygen atoms in total. The molecule has 1 aliphatic rings. The molecule has 118 valence electrons. The van der Waals surface area contributed by atoms with Crippen molar-refractivity contribution in [2.45, 2.75) is 18.1 Å². The molecule has 0 radical (unpaired) electrons. The van der Waals surface area contributed by atoms with Crippen LogP contribution in [0.1, 0.15) is 12.0 Å². The third kappa shape index (κ3) is 2.67. The zero-order valence-electron chi connectivity index (χ0n) is 12.7. The second kappa shape index (κ2) is 5.83. The predicted octanol–water partition coefficient (Wildman–Crippen LogP) is 1.06. The number of nitrogens with zero attached hydrogens (tertiary/aromatic N) is 4. The molecule has 0 amide bonds. The van der Waals surface area contributed by atoms with Crippen LogP contribution in [0.15, 0.2) is 30.3 Å². The Morgan fingerprint density at radius 2 is 2.05 bits per heavy atom. The average Bonchev–Trinajstić information content (AvgIpc) is 3.01. The molecule has 2 atom stereocenters. The summed E-state index contributed by atoms with van der Waals surface area (Å²) in [5.41, 5.74) is -0.444. The first-order valence-corrected chi connectivity index (χ1v) is 8.00. The van der Waals surface area contributed by atoms with E-state index in [1.807, 2.05) is 54.2 Å². The van der Waals surface area contributed by atoms with E-state index in [0.717, 1.165) is 10.7 Å². The highest BCUT2D eigenvalue weighted by Gasteiger charge is 2.42. The minimum absolute atomic E-state index is 0.341. The SMILES string of the molecule is CN(C)c1nsc(N2CC[C@](O)(c3ccccc3)[C@@H](O)C2)n1. The van der Waals surface area contributed by atoms with Gasteiger partial charge in [0.1, 0.15) is 11.7 Å². The Kier molecular flexibility index (Phi) is 4.03. The maximum Gasteiger partial charge on any atom is 0.238 e. The molecular formula is C15H20N4O2S. The van der Waals surface area contributed by atoms with Crippen LogP contribution in [0.4, 0.5) is 11.1 Å². The highest BCUT2D eigenvalue weighted by atomic mass is 32.1. The van der Waals surface area contributed by atoms with Crippen LogP contribution in [0, 0.1) is 0 Å². The zero-order chi connectivity index (χ0) is 15.7. The number of aromatic nitrogens is 2. The van der Waals surface area contributed by atoms with E-state index < -0.39 is 11.7 Å². The van der Waals surface area contributed by atoms with E-state index in [1.54, 1.807) is 0 Å². The predicted molar refractivity (Wildman–Crippen MR) is 87.4 cm³/mol. The lowest BCUT2D eigenvalue weighted by molar-refractivity contribution is -0.0917. The fourth-order valence-corrected chi connectivity index (χ4v) is 3.45. The minimum Gasteiger partial charge on any atom is -0.388 e. The monoisotopic (exact) mass is 320 g/mol. The quantitative estimate of drug-likeness (QED) is 0.881. The lowest BCUT2D eigenvalue weighted by Gasteiger charge is -2.42. The normalized spacial score (nSPS) is 25.3. The van der Waals surface area contributed by atoms with E-state index in [2.05, 4.69) is 9.36 Å². The number of rotatable bonds is 3.